The van der Waals surface area contributed by atoms with Crippen molar-refractivity contribution >= 4 is 0 Å². The van der Waals surface area contributed by atoms with Crippen molar-refractivity contribution in [3.8, 4) is 0 Å². The molecule has 94 valence electrons. The van der Waals surface area contributed by atoms with Gasteiger partial charge in [0.05, 0.1) is 6.10 Å². The molecule has 3 heteroatoms. The largest absolute Gasteiger partial charge is 0.378 e. The van der Waals surface area contributed by atoms with E-state index in [4.69, 9.17) is 10.5 Å². The van der Waals surface area contributed by atoms with Gasteiger partial charge in [-0.05, 0) is 55.9 Å². The summed E-state index contributed by atoms with van der Waals surface area (Å²) in [4.78, 5) is 0. The van der Waals surface area contributed by atoms with Crippen LogP contribution in [0.1, 0.15) is 42.9 Å². The molecular formula is C14H20FNO. The summed E-state index contributed by atoms with van der Waals surface area (Å²) in [6.45, 7) is 2.80. The van der Waals surface area contributed by atoms with Crippen LogP contribution in [0.15, 0.2) is 18.2 Å². The molecule has 1 aliphatic heterocycles. The van der Waals surface area contributed by atoms with E-state index in [1.165, 1.54) is 12.5 Å². The first-order valence-corrected chi connectivity index (χ1v) is 6.30. The molecule has 2 atom stereocenters. The number of rotatable bonds is 3. The Morgan fingerprint density at radius 1 is 1.47 bits per heavy atom. The summed E-state index contributed by atoms with van der Waals surface area (Å²) in [6, 6.07) is 4.67. The van der Waals surface area contributed by atoms with Gasteiger partial charge in [0, 0.05) is 12.6 Å². The molecule has 0 aliphatic carbocycles. The molecule has 17 heavy (non-hydrogen) atoms. The van der Waals surface area contributed by atoms with E-state index in [0.717, 1.165) is 37.0 Å². The van der Waals surface area contributed by atoms with Crippen LogP contribution < -0.4 is 5.73 Å². The minimum absolute atomic E-state index is 0.131. The van der Waals surface area contributed by atoms with Gasteiger partial charge in [-0.2, -0.15) is 0 Å². The van der Waals surface area contributed by atoms with Gasteiger partial charge in [0.1, 0.15) is 5.82 Å². The number of hydrogen-bond acceptors (Lipinski definition) is 2. The lowest BCUT2D eigenvalue weighted by atomic mass is 9.94. The zero-order valence-corrected chi connectivity index (χ0v) is 10.3. The predicted molar refractivity (Wildman–Crippen MR) is 66.3 cm³/mol. The fourth-order valence-corrected chi connectivity index (χ4v) is 2.41. The third-order valence-corrected chi connectivity index (χ3v) is 3.43. The Labute approximate surface area is 102 Å². The lowest BCUT2D eigenvalue weighted by Gasteiger charge is -2.26. The molecule has 1 aliphatic rings. The fraction of sp³-hybridized carbons (Fsp3) is 0.571. The third kappa shape index (κ3) is 3.27. The molecule has 2 rings (SSSR count). The Bertz CT molecular complexity index is 374. The second-order valence-electron chi connectivity index (χ2n) is 4.83. The molecule has 0 bridgehead atoms. The molecule has 2 nitrogen and oxygen atoms in total. The summed E-state index contributed by atoms with van der Waals surface area (Å²) >= 11 is 0. The van der Waals surface area contributed by atoms with Crippen molar-refractivity contribution in [3.05, 3.63) is 35.1 Å². The Hall–Kier alpha value is -0.930. The maximum atomic E-state index is 13.2. The molecule has 2 unspecified atom stereocenters. The summed E-state index contributed by atoms with van der Waals surface area (Å²) in [5.41, 5.74) is 8.10. The second-order valence-corrected chi connectivity index (χ2v) is 4.83. The van der Waals surface area contributed by atoms with Crippen molar-refractivity contribution in [1.29, 1.82) is 0 Å². The Kier molecular flexibility index (Phi) is 4.13. The number of benzene rings is 1. The van der Waals surface area contributed by atoms with E-state index in [-0.39, 0.29) is 18.0 Å². The van der Waals surface area contributed by atoms with Gasteiger partial charge in [0.15, 0.2) is 0 Å². The van der Waals surface area contributed by atoms with Crippen LogP contribution in [-0.4, -0.2) is 12.7 Å². The zero-order valence-electron chi connectivity index (χ0n) is 10.3. The van der Waals surface area contributed by atoms with Crippen LogP contribution in [0.25, 0.3) is 0 Å². The summed E-state index contributed by atoms with van der Waals surface area (Å²) in [5.74, 6) is -0.217. The van der Waals surface area contributed by atoms with Crippen molar-refractivity contribution in [3.63, 3.8) is 0 Å². The van der Waals surface area contributed by atoms with Gasteiger partial charge in [-0.3, -0.25) is 0 Å². The molecule has 1 aromatic carbocycles. The summed E-state index contributed by atoms with van der Waals surface area (Å²) < 4.78 is 18.9. The van der Waals surface area contributed by atoms with E-state index in [1.54, 1.807) is 12.1 Å². The monoisotopic (exact) mass is 237 g/mol. The molecule has 1 heterocycles. The van der Waals surface area contributed by atoms with Gasteiger partial charge in [-0.25, -0.2) is 4.39 Å². The highest BCUT2D eigenvalue weighted by molar-refractivity contribution is 5.29. The minimum Gasteiger partial charge on any atom is -0.378 e. The maximum Gasteiger partial charge on any atom is 0.123 e. The van der Waals surface area contributed by atoms with E-state index < -0.39 is 0 Å². The van der Waals surface area contributed by atoms with Gasteiger partial charge >= 0.3 is 0 Å². The van der Waals surface area contributed by atoms with Crippen LogP contribution in [0.2, 0.25) is 0 Å². The van der Waals surface area contributed by atoms with Gasteiger partial charge in [0.25, 0.3) is 0 Å². The van der Waals surface area contributed by atoms with Gasteiger partial charge in [0.2, 0.25) is 0 Å². The first-order chi connectivity index (χ1) is 8.16. The summed E-state index contributed by atoms with van der Waals surface area (Å²) in [7, 11) is 0. The van der Waals surface area contributed by atoms with E-state index in [0.29, 0.717) is 0 Å². The van der Waals surface area contributed by atoms with Gasteiger partial charge < -0.3 is 10.5 Å². The number of hydrogen-bond donors (Lipinski definition) is 1. The topological polar surface area (TPSA) is 35.2 Å². The maximum absolute atomic E-state index is 13.2. The van der Waals surface area contributed by atoms with Crippen molar-refractivity contribution in [2.75, 3.05) is 6.61 Å². The second kappa shape index (κ2) is 5.61. The van der Waals surface area contributed by atoms with E-state index in [2.05, 4.69) is 0 Å². The number of aryl methyl sites for hydroxylation is 1. The first-order valence-electron chi connectivity index (χ1n) is 6.30. The SMILES string of the molecule is Cc1ccc(F)cc1C(N)CC1CCCCO1. The first kappa shape index (κ1) is 12.5. The van der Waals surface area contributed by atoms with Crippen LogP contribution in [-0.2, 0) is 4.74 Å². The Morgan fingerprint density at radius 3 is 3.00 bits per heavy atom. The van der Waals surface area contributed by atoms with Crippen molar-refractivity contribution < 1.29 is 9.13 Å². The lowest BCUT2D eigenvalue weighted by Crippen LogP contribution is -2.25. The van der Waals surface area contributed by atoms with E-state index in [1.807, 2.05) is 6.92 Å². The predicted octanol–water partition coefficient (Wildman–Crippen LogP) is 3.09. The van der Waals surface area contributed by atoms with Crippen LogP contribution in [0.3, 0.4) is 0 Å². The highest BCUT2D eigenvalue weighted by Gasteiger charge is 2.19. The van der Waals surface area contributed by atoms with Crippen molar-refractivity contribution in [1.82, 2.24) is 0 Å². The number of nitrogens with two attached hydrogens (primary N) is 1. The lowest BCUT2D eigenvalue weighted by molar-refractivity contribution is 0.00725. The molecule has 0 aromatic heterocycles. The van der Waals surface area contributed by atoms with E-state index in [9.17, 15) is 4.39 Å². The molecule has 1 fully saturated rings. The number of ether oxygens (including phenoxy) is 1. The quantitative estimate of drug-likeness (QED) is 0.876. The summed E-state index contributed by atoms with van der Waals surface area (Å²) in [5, 5.41) is 0. The Morgan fingerprint density at radius 2 is 2.29 bits per heavy atom. The van der Waals surface area contributed by atoms with Crippen molar-refractivity contribution in [2.24, 2.45) is 5.73 Å². The highest BCUT2D eigenvalue weighted by atomic mass is 19.1. The van der Waals surface area contributed by atoms with Crippen LogP contribution in [0.5, 0.6) is 0 Å². The molecule has 2 N–H and O–H groups in total. The van der Waals surface area contributed by atoms with Crippen molar-refractivity contribution in [2.45, 2.75) is 44.8 Å². The molecule has 0 spiro atoms. The summed E-state index contributed by atoms with van der Waals surface area (Å²) in [6.07, 6.45) is 4.44. The molecule has 0 radical (unpaired) electrons. The molecule has 0 saturated carbocycles. The Balaban J connectivity index is 2.02. The molecule has 1 aromatic rings. The van der Waals surface area contributed by atoms with Crippen LogP contribution in [0.4, 0.5) is 4.39 Å². The molecule has 0 amide bonds. The standard InChI is InChI=1S/C14H20FNO/c1-10-5-6-11(15)8-13(10)14(16)9-12-4-2-3-7-17-12/h5-6,8,12,14H,2-4,7,9,16H2,1H3. The highest BCUT2D eigenvalue weighted by Crippen LogP contribution is 2.25. The van der Waals surface area contributed by atoms with Crippen LogP contribution in [0, 0.1) is 12.7 Å². The molecule has 1 saturated heterocycles. The number of halogens is 1. The fourth-order valence-electron chi connectivity index (χ4n) is 2.41. The minimum atomic E-state index is -0.217. The average Bonchev–Trinajstić information content (AvgIpc) is 2.33. The smallest absolute Gasteiger partial charge is 0.123 e. The van der Waals surface area contributed by atoms with Gasteiger partial charge in [-0.15, -0.1) is 0 Å². The van der Waals surface area contributed by atoms with Gasteiger partial charge in [-0.1, -0.05) is 6.07 Å². The normalized spacial score (nSPS) is 22.4. The zero-order chi connectivity index (χ0) is 12.3. The third-order valence-electron chi connectivity index (χ3n) is 3.43. The van der Waals surface area contributed by atoms with Crippen LogP contribution >= 0.6 is 0 Å². The average molecular weight is 237 g/mol. The van der Waals surface area contributed by atoms with E-state index >= 15 is 0 Å². The molecular weight excluding hydrogens is 217 g/mol.